The molecular weight excluding hydrogens is 250 g/mol. The maximum Gasteiger partial charge on any atom is 0.239 e. The molecule has 20 heavy (non-hydrogen) atoms. The lowest BCUT2D eigenvalue weighted by atomic mass is 10.1. The second kappa shape index (κ2) is 5.94. The van der Waals surface area contributed by atoms with Crippen molar-refractivity contribution in [3.63, 3.8) is 0 Å². The van der Waals surface area contributed by atoms with E-state index in [0.29, 0.717) is 5.91 Å². The van der Waals surface area contributed by atoms with Crippen LogP contribution in [0.15, 0.2) is 30.3 Å². The number of benzene rings is 1. The van der Waals surface area contributed by atoms with Crippen LogP contribution >= 0.6 is 0 Å². The second-order valence-electron chi connectivity index (χ2n) is 5.87. The lowest BCUT2D eigenvalue weighted by Crippen LogP contribution is -2.54. The van der Waals surface area contributed by atoms with E-state index in [1.165, 1.54) is 5.56 Å². The van der Waals surface area contributed by atoms with Gasteiger partial charge < -0.3 is 0 Å². The van der Waals surface area contributed by atoms with E-state index in [1.807, 2.05) is 11.9 Å². The van der Waals surface area contributed by atoms with Crippen molar-refractivity contribution < 1.29 is 4.79 Å². The van der Waals surface area contributed by atoms with E-state index in [2.05, 4.69) is 40.2 Å². The lowest BCUT2D eigenvalue weighted by molar-refractivity contribution is -0.148. The molecule has 0 aliphatic carbocycles. The highest BCUT2D eigenvalue weighted by atomic mass is 16.2. The average molecular weight is 273 g/mol. The van der Waals surface area contributed by atoms with Gasteiger partial charge in [0.05, 0.1) is 0 Å². The minimum absolute atomic E-state index is 0.206. The van der Waals surface area contributed by atoms with Gasteiger partial charge in [-0.3, -0.25) is 14.7 Å². The van der Waals surface area contributed by atoms with Crippen LogP contribution in [0.3, 0.4) is 0 Å². The number of piperazine rings is 1. The lowest BCUT2D eigenvalue weighted by Gasteiger charge is -2.39. The quantitative estimate of drug-likeness (QED) is 0.837. The number of amides is 1. The van der Waals surface area contributed by atoms with Crippen molar-refractivity contribution in [3.05, 3.63) is 35.9 Å². The van der Waals surface area contributed by atoms with E-state index < -0.39 is 0 Å². The van der Waals surface area contributed by atoms with Gasteiger partial charge in [0.1, 0.15) is 0 Å². The summed E-state index contributed by atoms with van der Waals surface area (Å²) in [5.41, 5.74) is 1.37. The summed E-state index contributed by atoms with van der Waals surface area (Å²) in [5, 5.41) is 4.22. The maximum absolute atomic E-state index is 12.0. The van der Waals surface area contributed by atoms with Gasteiger partial charge in [0, 0.05) is 45.2 Å². The zero-order valence-electron chi connectivity index (χ0n) is 12.2. The van der Waals surface area contributed by atoms with Crippen LogP contribution in [0.2, 0.25) is 0 Å². The Morgan fingerprint density at radius 1 is 1.05 bits per heavy atom. The van der Waals surface area contributed by atoms with E-state index in [-0.39, 0.29) is 5.92 Å². The van der Waals surface area contributed by atoms with E-state index in [1.54, 1.807) is 0 Å². The Balaban J connectivity index is 1.51. The summed E-state index contributed by atoms with van der Waals surface area (Å²) in [6.07, 6.45) is 1.00. The number of rotatable bonds is 3. The number of carbonyl (C=O) groups excluding carboxylic acids is 1. The zero-order valence-corrected chi connectivity index (χ0v) is 12.2. The van der Waals surface area contributed by atoms with E-state index in [9.17, 15) is 4.79 Å². The Kier molecular flexibility index (Phi) is 4.03. The standard InChI is InChI=1S/C16H23N3O/c1-14-7-8-19(16(14)20)18-11-9-17(10-12-18)13-15-5-3-2-4-6-15/h2-6,14H,7-13H2,1H3. The fraction of sp³-hybridized carbons (Fsp3) is 0.562. The van der Waals surface area contributed by atoms with Gasteiger partial charge in [-0.1, -0.05) is 37.3 Å². The summed E-state index contributed by atoms with van der Waals surface area (Å²) in [6.45, 7) is 7.95. The van der Waals surface area contributed by atoms with Gasteiger partial charge in [0.2, 0.25) is 5.91 Å². The third-order valence-corrected chi connectivity index (χ3v) is 4.39. The summed E-state index contributed by atoms with van der Waals surface area (Å²) in [7, 11) is 0. The smallest absolute Gasteiger partial charge is 0.239 e. The first-order chi connectivity index (χ1) is 9.74. The molecule has 1 amide bonds. The molecule has 2 aliphatic rings. The molecular formula is C16H23N3O. The first-order valence-corrected chi connectivity index (χ1v) is 7.56. The van der Waals surface area contributed by atoms with Crippen molar-refractivity contribution in [2.45, 2.75) is 19.9 Å². The van der Waals surface area contributed by atoms with Crippen molar-refractivity contribution in [1.82, 2.24) is 14.9 Å². The Bertz CT molecular complexity index is 454. The summed E-state index contributed by atoms with van der Waals surface area (Å²) < 4.78 is 0. The third kappa shape index (κ3) is 2.86. The van der Waals surface area contributed by atoms with Gasteiger partial charge in [-0.2, -0.15) is 0 Å². The fourth-order valence-corrected chi connectivity index (χ4v) is 3.06. The molecule has 0 aromatic heterocycles. The molecule has 4 heteroatoms. The summed E-state index contributed by atoms with van der Waals surface area (Å²) in [4.78, 5) is 14.5. The SMILES string of the molecule is CC1CCN(N2CCN(Cc3ccccc3)CC2)C1=O. The Labute approximate surface area is 120 Å². The highest BCUT2D eigenvalue weighted by Crippen LogP contribution is 2.20. The van der Waals surface area contributed by atoms with Crippen LogP contribution in [-0.2, 0) is 11.3 Å². The number of hydrogen-bond acceptors (Lipinski definition) is 3. The number of hydrogen-bond donors (Lipinski definition) is 0. The average Bonchev–Trinajstić information content (AvgIpc) is 2.81. The molecule has 108 valence electrons. The molecule has 0 radical (unpaired) electrons. The van der Waals surface area contributed by atoms with Crippen LogP contribution in [0.25, 0.3) is 0 Å². The van der Waals surface area contributed by atoms with Crippen molar-refractivity contribution in [3.8, 4) is 0 Å². The summed E-state index contributed by atoms with van der Waals surface area (Å²) in [5.74, 6) is 0.513. The third-order valence-electron chi connectivity index (χ3n) is 4.39. The highest BCUT2D eigenvalue weighted by Gasteiger charge is 2.33. The predicted molar refractivity (Wildman–Crippen MR) is 78.8 cm³/mol. The molecule has 1 atom stereocenters. The van der Waals surface area contributed by atoms with Gasteiger partial charge >= 0.3 is 0 Å². The van der Waals surface area contributed by atoms with Crippen LogP contribution in [0.1, 0.15) is 18.9 Å². The van der Waals surface area contributed by atoms with Crippen molar-refractivity contribution >= 4 is 5.91 Å². The van der Waals surface area contributed by atoms with Crippen LogP contribution in [0.4, 0.5) is 0 Å². The Morgan fingerprint density at radius 2 is 1.75 bits per heavy atom. The molecule has 0 saturated carbocycles. The molecule has 1 aromatic carbocycles. The minimum Gasteiger partial charge on any atom is -0.296 e. The molecule has 2 heterocycles. The fourth-order valence-electron chi connectivity index (χ4n) is 3.06. The van der Waals surface area contributed by atoms with Gasteiger partial charge in [0.15, 0.2) is 0 Å². The molecule has 1 unspecified atom stereocenters. The van der Waals surface area contributed by atoms with Crippen molar-refractivity contribution in [2.75, 3.05) is 32.7 Å². The van der Waals surface area contributed by atoms with Crippen LogP contribution < -0.4 is 0 Å². The number of nitrogens with zero attached hydrogens (tertiary/aromatic N) is 3. The summed E-state index contributed by atoms with van der Waals surface area (Å²) >= 11 is 0. The normalized spacial score (nSPS) is 25.4. The van der Waals surface area contributed by atoms with Crippen molar-refractivity contribution in [2.24, 2.45) is 5.92 Å². The molecule has 2 aliphatic heterocycles. The second-order valence-corrected chi connectivity index (χ2v) is 5.87. The maximum atomic E-state index is 12.0. The van der Waals surface area contributed by atoms with Gasteiger partial charge in [-0.25, -0.2) is 5.01 Å². The Hall–Kier alpha value is -1.39. The zero-order chi connectivity index (χ0) is 13.9. The largest absolute Gasteiger partial charge is 0.296 e. The van der Waals surface area contributed by atoms with Crippen LogP contribution in [-0.4, -0.2) is 53.5 Å². The topological polar surface area (TPSA) is 26.8 Å². The van der Waals surface area contributed by atoms with Crippen LogP contribution in [0.5, 0.6) is 0 Å². The molecule has 3 rings (SSSR count). The molecule has 0 bridgehead atoms. The van der Waals surface area contributed by atoms with Gasteiger partial charge in [0.25, 0.3) is 0 Å². The van der Waals surface area contributed by atoms with E-state index >= 15 is 0 Å². The summed E-state index contributed by atoms with van der Waals surface area (Å²) in [6, 6.07) is 10.6. The van der Waals surface area contributed by atoms with Crippen LogP contribution in [0, 0.1) is 5.92 Å². The van der Waals surface area contributed by atoms with Gasteiger partial charge in [-0.15, -0.1) is 0 Å². The molecule has 0 spiro atoms. The van der Waals surface area contributed by atoms with Gasteiger partial charge in [-0.05, 0) is 12.0 Å². The van der Waals surface area contributed by atoms with E-state index in [4.69, 9.17) is 0 Å². The molecule has 0 N–H and O–H groups in total. The molecule has 4 nitrogen and oxygen atoms in total. The first-order valence-electron chi connectivity index (χ1n) is 7.56. The van der Waals surface area contributed by atoms with E-state index in [0.717, 1.165) is 45.7 Å². The molecule has 1 aromatic rings. The Morgan fingerprint density at radius 3 is 2.35 bits per heavy atom. The molecule has 2 fully saturated rings. The van der Waals surface area contributed by atoms with Crippen molar-refractivity contribution in [1.29, 1.82) is 0 Å². The predicted octanol–water partition coefficient (Wildman–Crippen LogP) is 1.59. The highest BCUT2D eigenvalue weighted by molar-refractivity contribution is 5.79. The number of carbonyl (C=O) groups is 1. The first kappa shape index (κ1) is 13.6. The minimum atomic E-state index is 0.206. The number of hydrazine groups is 1. The monoisotopic (exact) mass is 273 g/mol. The molecule has 2 saturated heterocycles.